The van der Waals surface area contributed by atoms with Crippen LogP contribution < -0.4 is 0 Å². The van der Waals surface area contributed by atoms with E-state index in [0.29, 0.717) is 19.8 Å². The SMILES string of the molecule is C[C@@H]1COCCN1C(=O)C1(C#N)CC1. The Morgan fingerprint density at radius 2 is 2.36 bits per heavy atom. The molecule has 0 N–H and O–H groups in total. The van der Waals surface area contributed by atoms with Gasteiger partial charge in [-0.2, -0.15) is 5.26 Å². The Bertz CT molecular complexity index is 291. The van der Waals surface area contributed by atoms with Crippen LogP contribution in [0.2, 0.25) is 0 Å². The first-order chi connectivity index (χ1) is 6.69. The largest absolute Gasteiger partial charge is 0.377 e. The molecular formula is C10H14N2O2. The molecule has 2 fully saturated rings. The van der Waals surface area contributed by atoms with E-state index in [1.54, 1.807) is 4.90 Å². The second-order valence-electron chi connectivity index (χ2n) is 4.12. The predicted molar refractivity (Wildman–Crippen MR) is 49.3 cm³/mol. The van der Waals surface area contributed by atoms with Gasteiger partial charge in [-0.15, -0.1) is 0 Å². The maximum Gasteiger partial charge on any atom is 0.243 e. The van der Waals surface area contributed by atoms with E-state index in [1.165, 1.54) is 0 Å². The van der Waals surface area contributed by atoms with Gasteiger partial charge in [0.2, 0.25) is 5.91 Å². The molecule has 4 heteroatoms. The third-order valence-electron chi connectivity index (χ3n) is 3.00. The molecule has 0 bridgehead atoms. The molecule has 0 radical (unpaired) electrons. The van der Waals surface area contributed by atoms with Crippen molar-refractivity contribution in [3.8, 4) is 6.07 Å². The van der Waals surface area contributed by atoms with Crippen molar-refractivity contribution in [3.05, 3.63) is 0 Å². The number of amides is 1. The van der Waals surface area contributed by atoms with Crippen molar-refractivity contribution in [2.75, 3.05) is 19.8 Å². The Morgan fingerprint density at radius 3 is 2.86 bits per heavy atom. The van der Waals surface area contributed by atoms with E-state index in [2.05, 4.69) is 6.07 Å². The lowest BCUT2D eigenvalue weighted by molar-refractivity contribution is -0.142. The highest BCUT2D eigenvalue weighted by Gasteiger charge is 2.53. The molecule has 14 heavy (non-hydrogen) atoms. The summed E-state index contributed by atoms with van der Waals surface area (Å²) in [6.07, 6.45) is 1.46. The summed E-state index contributed by atoms with van der Waals surface area (Å²) in [6.45, 7) is 3.78. The number of nitriles is 1. The molecule has 0 aromatic rings. The van der Waals surface area contributed by atoms with Crippen molar-refractivity contribution in [1.29, 1.82) is 5.26 Å². The van der Waals surface area contributed by atoms with Gasteiger partial charge in [0.15, 0.2) is 0 Å². The second-order valence-corrected chi connectivity index (χ2v) is 4.12. The molecule has 1 aliphatic carbocycles. The molecule has 4 nitrogen and oxygen atoms in total. The summed E-state index contributed by atoms with van der Waals surface area (Å²) in [4.78, 5) is 13.8. The van der Waals surface area contributed by atoms with E-state index in [1.807, 2.05) is 6.92 Å². The first-order valence-corrected chi connectivity index (χ1v) is 5.00. The molecule has 1 heterocycles. The smallest absolute Gasteiger partial charge is 0.243 e. The molecule has 1 atom stereocenters. The minimum atomic E-state index is -0.675. The van der Waals surface area contributed by atoms with Gasteiger partial charge in [0.1, 0.15) is 5.41 Å². The zero-order chi connectivity index (χ0) is 10.2. The minimum absolute atomic E-state index is 0.0100. The molecule has 1 saturated carbocycles. The predicted octanol–water partition coefficient (Wildman–Crippen LogP) is 0.537. The van der Waals surface area contributed by atoms with E-state index in [0.717, 1.165) is 12.8 Å². The van der Waals surface area contributed by atoms with Crippen LogP contribution in [0.3, 0.4) is 0 Å². The number of nitrogens with zero attached hydrogens (tertiary/aromatic N) is 2. The molecule has 0 spiro atoms. The lowest BCUT2D eigenvalue weighted by Crippen LogP contribution is -2.49. The Balaban J connectivity index is 2.07. The van der Waals surface area contributed by atoms with E-state index >= 15 is 0 Å². The third-order valence-corrected chi connectivity index (χ3v) is 3.00. The van der Waals surface area contributed by atoms with Crippen molar-refractivity contribution in [3.63, 3.8) is 0 Å². The number of carbonyl (C=O) groups excluding carboxylic acids is 1. The van der Waals surface area contributed by atoms with Crippen molar-refractivity contribution < 1.29 is 9.53 Å². The van der Waals surface area contributed by atoms with Gasteiger partial charge >= 0.3 is 0 Å². The Morgan fingerprint density at radius 1 is 1.64 bits per heavy atom. The fourth-order valence-electron chi connectivity index (χ4n) is 1.80. The summed E-state index contributed by atoms with van der Waals surface area (Å²) in [5.74, 6) is 0.0100. The van der Waals surface area contributed by atoms with Crippen LogP contribution in [-0.4, -0.2) is 36.6 Å². The van der Waals surface area contributed by atoms with Crippen molar-refractivity contribution in [2.24, 2.45) is 5.41 Å². The van der Waals surface area contributed by atoms with Crippen LogP contribution in [0.5, 0.6) is 0 Å². The molecule has 0 unspecified atom stereocenters. The number of rotatable bonds is 1. The van der Waals surface area contributed by atoms with Gasteiger partial charge in [0, 0.05) is 6.54 Å². The van der Waals surface area contributed by atoms with Gasteiger partial charge < -0.3 is 9.64 Å². The molecule has 0 aromatic heterocycles. The third kappa shape index (κ3) is 1.38. The molecule has 1 amide bonds. The van der Waals surface area contributed by atoms with Crippen LogP contribution in [-0.2, 0) is 9.53 Å². The van der Waals surface area contributed by atoms with Crippen molar-refractivity contribution in [2.45, 2.75) is 25.8 Å². The topological polar surface area (TPSA) is 53.3 Å². The fraction of sp³-hybridized carbons (Fsp3) is 0.800. The quantitative estimate of drug-likeness (QED) is 0.612. The summed E-state index contributed by atoms with van der Waals surface area (Å²) >= 11 is 0. The maximum atomic E-state index is 12.0. The normalized spacial score (nSPS) is 29.4. The zero-order valence-corrected chi connectivity index (χ0v) is 8.32. The number of ether oxygens (including phenoxy) is 1. The standard InChI is InChI=1S/C10H14N2O2/c1-8-6-14-5-4-12(8)9(13)10(7-11)2-3-10/h8H,2-6H2,1H3/t8-/m1/s1. The maximum absolute atomic E-state index is 12.0. The highest BCUT2D eigenvalue weighted by Crippen LogP contribution is 2.46. The highest BCUT2D eigenvalue weighted by molar-refractivity contribution is 5.88. The number of hydrogen-bond donors (Lipinski definition) is 0. The molecule has 2 aliphatic rings. The van der Waals surface area contributed by atoms with Gasteiger partial charge in [-0.05, 0) is 19.8 Å². The minimum Gasteiger partial charge on any atom is -0.377 e. The first kappa shape index (κ1) is 9.47. The molecule has 1 aliphatic heterocycles. The average molecular weight is 194 g/mol. The van der Waals surface area contributed by atoms with E-state index in [4.69, 9.17) is 10.00 Å². The number of carbonyl (C=O) groups is 1. The number of hydrogen-bond acceptors (Lipinski definition) is 3. The summed E-state index contributed by atoms with van der Waals surface area (Å²) in [7, 11) is 0. The van der Waals surface area contributed by atoms with E-state index in [-0.39, 0.29) is 11.9 Å². The lowest BCUT2D eigenvalue weighted by Gasteiger charge is -2.34. The Kier molecular flexibility index (Phi) is 2.20. The second kappa shape index (κ2) is 3.25. The van der Waals surface area contributed by atoms with Crippen LogP contribution >= 0.6 is 0 Å². The van der Waals surface area contributed by atoms with E-state index < -0.39 is 5.41 Å². The van der Waals surface area contributed by atoms with Gasteiger partial charge in [-0.25, -0.2) is 0 Å². The van der Waals surface area contributed by atoms with Crippen LogP contribution in [0.25, 0.3) is 0 Å². The summed E-state index contributed by atoms with van der Waals surface area (Å²) < 4.78 is 5.25. The molecule has 1 saturated heterocycles. The van der Waals surface area contributed by atoms with Gasteiger partial charge in [-0.1, -0.05) is 0 Å². The van der Waals surface area contributed by atoms with Gasteiger partial charge in [0.25, 0.3) is 0 Å². The van der Waals surface area contributed by atoms with Crippen molar-refractivity contribution in [1.82, 2.24) is 4.90 Å². The molecule has 0 aromatic carbocycles. The molecule has 76 valence electrons. The summed E-state index contributed by atoms with van der Waals surface area (Å²) in [5, 5.41) is 8.92. The average Bonchev–Trinajstić information content (AvgIpc) is 2.98. The zero-order valence-electron chi connectivity index (χ0n) is 8.32. The van der Waals surface area contributed by atoms with Crippen LogP contribution in [0, 0.1) is 16.7 Å². The molecule has 2 rings (SSSR count). The lowest BCUT2D eigenvalue weighted by atomic mass is 10.1. The Labute approximate surface area is 83.4 Å². The summed E-state index contributed by atoms with van der Waals surface area (Å²) in [6, 6.07) is 2.25. The van der Waals surface area contributed by atoms with Crippen LogP contribution in [0.4, 0.5) is 0 Å². The van der Waals surface area contributed by atoms with Crippen LogP contribution in [0.15, 0.2) is 0 Å². The fourth-order valence-corrected chi connectivity index (χ4v) is 1.80. The number of morpholine rings is 1. The van der Waals surface area contributed by atoms with Crippen molar-refractivity contribution >= 4 is 5.91 Å². The first-order valence-electron chi connectivity index (χ1n) is 5.00. The van der Waals surface area contributed by atoms with Gasteiger partial charge in [0.05, 0.1) is 25.3 Å². The van der Waals surface area contributed by atoms with Crippen LogP contribution in [0.1, 0.15) is 19.8 Å². The highest BCUT2D eigenvalue weighted by atomic mass is 16.5. The monoisotopic (exact) mass is 194 g/mol. The summed E-state index contributed by atoms with van der Waals surface area (Å²) in [5.41, 5.74) is -0.675. The molecular weight excluding hydrogens is 180 g/mol. The van der Waals surface area contributed by atoms with Gasteiger partial charge in [-0.3, -0.25) is 4.79 Å². The Hall–Kier alpha value is -1.08. The van der Waals surface area contributed by atoms with E-state index in [9.17, 15) is 4.79 Å².